The first-order chi connectivity index (χ1) is 24.9. The number of rotatable bonds is 8. The fraction of sp³-hybridized carbons (Fsp3) is 0. The Kier molecular flexibility index (Phi) is 13.0. The third-order valence-corrected chi connectivity index (χ3v) is 22.0. The first-order valence-corrected chi connectivity index (χ1v) is 21.4. The van der Waals surface area contributed by atoms with Crippen LogP contribution in [0.1, 0.15) is 0 Å². The summed E-state index contributed by atoms with van der Waals surface area (Å²) in [5, 5.41) is 20.1. The Balaban J connectivity index is 0.000000458. The largest absolute Gasteiger partial charge is 1.00 e. The van der Waals surface area contributed by atoms with Crippen LogP contribution < -0.4 is 31.8 Å². The molecule has 0 saturated carbocycles. The van der Waals surface area contributed by atoms with Gasteiger partial charge in [0.05, 0.1) is 0 Å². The van der Waals surface area contributed by atoms with Crippen LogP contribution in [0.5, 0.6) is 0 Å². The van der Waals surface area contributed by atoms with Crippen LogP contribution in [0.3, 0.4) is 0 Å². The predicted molar refractivity (Wildman–Crippen MR) is 211 cm³/mol. The molecule has 0 aliphatic rings. The summed E-state index contributed by atoms with van der Waals surface area (Å²) in [4.78, 5) is 0. The summed E-state index contributed by atoms with van der Waals surface area (Å²) in [6.07, 6.45) is 0. The van der Waals surface area contributed by atoms with Gasteiger partial charge in [0.15, 0.2) is 0 Å². The van der Waals surface area contributed by atoms with Gasteiger partial charge in [0, 0.05) is 17.5 Å². The van der Waals surface area contributed by atoms with E-state index in [-0.39, 0.29) is 22.4 Å². The zero-order valence-electron chi connectivity index (χ0n) is 27.6. The van der Waals surface area contributed by atoms with Crippen molar-refractivity contribution in [2.75, 3.05) is 0 Å². The van der Waals surface area contributed by atoms with Crippen LogP contribution in [0, 0.1) is 34.2 Å². The number of nitriles is 1. The molecule has 0 heterocycles. The molecular formula is C43H32AuF3N2P2S. The van der Waals surface area contributed by atoms with Crippen LogP contribution in [-0.4, -0.2) is 0 Å². The topological polar surface area (TPSA) is 36.1 Å². The number of hydrogen-bond donors (Lipinski definition) is 0. The van der Waals surface area contributed by atoms with E-state index >= 15 is 0 Å². The molecule has 2 nitrogen and oxygen atoms in total. The Hall–Kier alpha value is -4.43. The molecule has 0 aliphatic heterocycles. The fourth-order valence-corrected chi connectivity index (χ4v) is 21.0. The third-order valence-electron chi connectivity index (χ3n) is 8.39. The van der Waals surface area contributed by atoms with Crippen molar-refractivity contribution in [2.45, 2.75) is 0 Å². The number of halogens is 3. The summed E-state index contributed by atoms with van der Waals surface area (Å²) in [6.45, 7) is 0. The van der Waals surface area contributed by atoms with Crippen molar-refractivity contribution in [3.05, 3.63) is 218 Å². The number of nitrogens with zero attached hydrogens (tertiary/aromatic N) is 2. The van der Waals surface area contributed by atoms with Gasteiger partial charge in [0.25, 0.3) is 0 Å². The first kappa shape index (κ1) is 38.8. The molecule has 0 aromatic heterocycles. The van der Waals surface area contributed by atoms with Crippen LogP contribution in [0.2, 0.25) is 0 Å². The van der Waals surface area contributed by atoms with Gasteiger partial charge in [-0.15, -0.1) is 18.2 Å². The van der Waals surface area contributed by atoms with Gasteiger partial charge in [-0.05, 0) is 0 Å². The molecule has 0 amide bonds. The molecule has 262 valence electrons. The molecule has 0 radical (unpaired) electrons. The van der Waals surface area contributed by atoms with Crippen LogP contribution in [0.25, 0.3) is 0 Å². The van der Waals surface area contributed by atoms with E-state index in [0.29, 0.717) is 12.1 Å². The smallest absolute Gasteiger partial charge is 1.00 e. The molecule has 0 atom stereocenters. The Morgan fingerprint density at radius 2 is 0.788 bits per heavy atom. The van der Waals surface area contributed by atoms with Gasteiger partial charge in [-0.1, -0.05) is 0 Å². The summed E-state index contributed by atoms with van der Waals surface area (Å²) >= 11 is 1.34. The van der Waals surface area contributed by atoms with Gasteiger partial charge >= 0.3 is 276 Å². The number of hydrogen-bond acceptors (Lipinski definition) is 3. The monoisotopic (exact) mass is 924 g/mol. The standard InChI is InChI=1S/C37H30N2P2S.C6H2F3.Au/c38-31-42-41(35-25-13-4-14-26-35,36-27-15-5-16-28-36,37-29-17-6-18-30-37)39-40(32-19-7-1-8-20-32,33-21-9-2-10-22-33)34-23-11-3-12-24-34;7-4-1-5(8)3-6(9)2-4;/h1-30H;1-2H;/q;-1;+1. The molecule has 0 saturated heterocycles. The Bertz CT molecular complexity index is 2040. The molecule has 0 aliphatic carbocycles. The number of thiocyanates is 1. The molecule has 0 unspecified atom stereocenters. The summed E-state index contributed by atoms with van der Waals surface area (Å²) in [5.41, 5.74) is 0. The maximum atomic E-state index is 11.9. The molecule has 7 rings (SSSR count). The summed E-state index contributed by atoms with van der Waals surface area (Å²) in [6, 6.07) is 66.4. The molecule has 7 aromatic rings. The van der Waals surface area contributed by atoms with Crippen LogP contribution in [0.4, 0.5) is 13.2 Å². The Labute approximate surface area is 322 Å². The third kappa shape index (κ3) is 7.54. The average molecular weight is 925 g/mol. The van der Waals surface area contributed by atoms with E-state index in [1.807, 2.05) is 18.2 Å². The molecular weight excluding hydrogens is 892 g/mol. The molecule has 0 N–H and O–H groups in total. The minimum atomic E-state index is -3.97. The summed E-state index contributed by atoms with van der Waals surface area (Å²) in [7, 11) is -2.76. The fourth-order valence-electron chi connectivity index (χ4n) is 6.23. The van der Waals surface area contributed by atoms with E-state index in [4.69, 9.17) is 4.52 Å². The van der Waals surface area contributed by atoms with E-state index < -0.39 is 30.5 Å². The van der Waals surface area contributed by atoms with E-state index in [2.05, 4.69) is 169 Å². The first-order valence-electron chi connectivity index (χ1n) is 16.0. The van der Waals surface area contributed by atoms with E-state index in [1.165, 1.54) is 11.4 Å². The quantitative estimate of drug-likeness (QED) is 0.0660. The molecule has 9 heteroatoms. The van der Waals surface area contributed by atoms with E-state index in [9.17, 15) is 18.4 Å². The summed E-state index contributed by atoms with van der Waals surface area (Å²) < 4.78 is 42.2. The maximum absolute atomic E-state index is 11.9. The second-order valence-corrected chi connectivity index (χ2v) is 21.5. The average Bonchev–Trinajstić information content (AvgIpc) is 3.18. The predicted octanol–water partition coefficient (Wildman–Crippen LogP) is 9.64. The van der Waals surface area contributed by atoms with E-state index in [1.54, 1.807) is 6.07 Å². The van der Waals surface area contributed by atoms with Gasteiger partial charge in [0.2, 0.25) is 0 Å². The Morgan fingerprint density at radius 1 is 0.500 bits per heavy atom. The van der Waals surface area contributed by atoms with Gasteiger partial charge in [-0.25, -0.2) is 13.2 Å². The van der Waals surface area contributed by atoms with Crippen LogP contribution >= 0.6 is 24.4 Å². The second kappa shape index (κ2) is 17.4. The van der Waals surface area contributed by atoms with Crippen molar-refractivity contribution < 1.29 is 35.6 Å². The van der Waals surface area contributed by atoms with Crippen molar-refractivity contribution in [3.8, 4) is 5.40 Å². The Morgan fingerprint density at radius 3 is 1.06 bits per heavy atom. The van der Waals surface area contributed by atoms with Crippen molar-refractivity contribution >= 4 is 56.2 Å². The zero-order valence-corrected chi connectivity index (χ0v) is 32.4. The summed E-state index contributed by atoms with van der Waals surface area (Å²) in [5.74, 6) is -6.94. The normalized spacial score (nSPS) is 11.7. The van der Waals surface area contributed by atoms with Crippen molar-refractivity contribution in [3.63, 3.8) is 0 Å². The zero-order chi connectivity index (χ0) is 35.6. The SMILES string of the molecule is Fc1[c-]c(F)cc(F)c1.N#CSP(N=P(c1ccccc1)(c1ccccc1)c1ccccc1)(c1ccccc1)(c1ccccc1)c1ccccc1.[Au+]. The minimum absolute atomic E-state index is 0. The van der Waals surface area contributed by atoms with Crippen molar-refractivity contribution in [2.24, 2.45) is 4.52 Å². The molecule has 7 aromatic carbocycles. The van der Waals surface area contributed by atoms with Gasteiger partial charge in [0.1, 0.15) is 0 Å². The van der Waals surface area contributed by atoms with E-state index in [0.717, 1.165) is 31.8 Å². The molecule has 0 spiro atoms. The van der Waals surface area contributed by atoms with Crippen molar-refractivity contribution in [1.29, 1.82) is 5.26 Å². The maximum Gasteiger partial charge on any atom is 1.00 e. The van der Waals surface area contributed by atoms with Gasteiger partial charge < -0.3 is 0 Å². The molecule has 0 fully saturated rings. The molecule has 0 bridgehead atoms. The van der Waals surface area contributed by atoms with Crippen LogP contribution in [-0.2, 0) is 22.4 Å². The second-order valence-electron chi connectivity index (χ2n) is 11.4. The van der Waals surface area contributed by atoms with Crippen molar-refractivity contribution in [1.82, 2.24) is 0 Å². The minimum Gasteiger partial charge on any atom is 1.00 e. The van der Waals surface area contributed by atoms with Gasteiger partial charge in [-0.2, -0.15) is 0 Å². The number of benzene rings is 7. The van der Waals surface area contributed by atoms with Crippen LogP contribution in [0.15, 0.2) is 199 Å². The molecule has 52 heavy (non-hydrogen) atoms. The van der Waals surface area contributed by atoms with Gasteiger partial charge in [-0.3, -0.25) is 0 Å².